The molecule has 1 aliphatic rings. The van der Waals surface area contributed by atoms with Gasteiger partial charge in [-0.1, -0.05) is 12.8 Å². The third kappa shape index (κ3) is 2.50. The van der Waals surface area contributed by atoms with Crippen LogP contribution in [0.4, 0.5) is 5.82 Å². The Morgan fingerprint density at radius 2 is 2.17 bits per heavy atom. The Hall–Kier alpha value is -1.12. The van der Waals surface area contributed by atoms with E-state index in [2.05, 4.69) is 9.71 Å². The topological polar surface area (TPSA) is 110 Å². The van der Waals surface area contributed by atoms with Gasteiger partial charge in [0.1, 0.15) is 0 Å². The van der Waals surface area contributed by atoms with Crippen molar-refractivity contribution in [3.8, 4) is 0 Å². The lowest BCUT2D eigenvalue weighted by Crippen LogP contribution is -2.45. The molecule has 1 saturated carbocycles. The number of nitrogens with two attached hydrogens (primary N) is 1. The molecule has 8 heteroatoms. The van der Waals surface area contributed by atoms with Crippen LogP contribution in [-0.2, 0) is 17.1 Å². The molecule has 0 bridgehead atoms. The van der Waals surface area contributed by atoms with E-state index < -0.39 is 22.2 Å². The van der Waals surface area contributed by atoms with Gasteiger partial charge in [0.15, 0.2) is 10.8 Å². The molecule has 0 aliphatic heterocycles. The number of aliphatic hydroxyl groups excluding tert-OH is 1. The minimum absolute atomic E-state index is 0.0321. The molecule has 7 nitrogen and oxygen atoms in total. The van der Waals surface area contributed by atoms with Gasteiger partial charge in [0.05, 0.1) is 12.4 Å². The van der Waals surface area contributed by atoms with Gasteiger partial charge in [0.25, 0.3) is 10.0 Å². The van der Waals surface area contributed by atoms with E-state index in [4.69, 9.17) is 5.73 Å². The second kappa shape index (κ2) is 4.87. The highest BCUT2D eigenvalue weighted by Gasteiger charge is 2.30. The summed E-state index contributed by atoms with van der Waals surface area (Å²) in [5.74, 6) is -0.0321. The van der Waals surface area contributed by atoms with Crippen molar-refractivity contribution in [3.63, 3.8) is 0 Å². The van der Waals surface area contributed by atoms with Crippen molar-refractivity contribution in [3.05, 3.63) is 6.33 Å². The standard InChI is InChI=1S/C10H18N4O3S/c1-14-6-12-9(11)10(14)18(16,17)13-7-4-2-3-5-8(7)15/h6-8,13,15H,2-5,11H2,1H3/t7-,8-/m0/s1. The highest BCUT2D eigenvalue weighted by molar-refractivity contribution is 7.89. The van der Waals surface area contributed by atoms with Gasteiger partial charge in [-0.3, -0.25) is 0 Å². The van der Waals surface area contributed by atoms with Gasteiger partial charge in [0.2, 0.25) is 0 Å². The van der Waals surface area contributed by atoms with Crippen LogP contribution in [0.2, 0.25) is 0 Å². The Bertz CT molecular complexity index is 506. The molecule has 1 heterocycles. The smallest absolute Gasteiger partial charge is 0.260 e. The quantitative estimate of drug-likeness (QED) is 0.693. The average molecular weight is 274 g/mol. The number of aromatic nitrogens is 2. The fourth-order valence-electron chi connectivity index (χ4n) is 2.27. The van der Waals surface area contributed by atoms with Crippen molar-refractivity contribution in [2.75, 3.05) is 5.73 Å². The monoisotopic (exact) mass is 274 g/mol. The van der Waals surface area contributed by atoms with E-state index in [-0.39, 0.29) is 10.8 Å². The summed E-state index contributed by atoms with van der Waals surface area (Å²) < 4.78 is 28.2. The summed E-state index contributed by atoms with van der Waals surface area (Å²) >= 11 is 0. The van der Waals surface area contributed by atoms with Crippen LogP contribution in [0.3, 0.4) is 0 Å². The van der Waals surface area contributed by atoms with Gasteiger partial charge < -0.3 is 15.4 Å². The Balaban J connectivity index is 2.22. The SMILES string of the molecule is Cn1cnc(N)c1S(=O)(=O)N[C@H]1CCCC[C@@H]1O. The second-order valence-electron chi connectivity index (χ2n) is 4.63. The Morgan fingerprint density at radius 1 is 1.50 bits per heavy atom. The third-order valence-corrected chi connectivity index (χ3v) is 4.82. The lowest BCUT2D eigenvalue weighted by molar-refractivity contribution is 0.101. The van der Waals surface area contributed by atoms with Crippen LogP contribution >= 0.6 is 0 Å². The van der Waals surface area contributed by atoms with E-state index in [0.29, 0.717) is 12.8 Å². The van der Waals surface area contributed by atoms with E-state index in [9.17, 15) is 13.5 Å². The maximum absolute atomic E-state index is 12.2. The van der Waals surface area contributed by atoms with Gasteiger partial charge >= 0.3 is 0 Å². The van der Waals surface area contributed by atoms with Crippen LogP contribution in [0.25, 0.3) is 0 Å². The highest BCUT2D eigenvalue weighted by Crippen LogP contribution is 2.22. The van der Waals surface area contributed by atoms with Crippen molar-refractivity contribution in [2.24, 2.45) is 7.05 Å². The van der Waals surface area contributed by atoms with Crippen molar-refractivity contribution in [2.45, 2.75) is 42.9 Å². The number of aryl methyl sites for hydroxylation is 1. The molecule has 0 amide bonds. The lowest BCUT2D eigenvalue weighted by atomic mass is 9.93. The van der Waals surface area contributed by atoms with Crippen molar-refractivity contribution in [1.82, 2.24) is 14.3 Å². The van der Waals surface area contributed by atoms with E-state index >= 15 is 0 Å². The molecule has 18 heavy (non-hydrogen) atoms. The summed E-state index contributed by atoms with van der Waals surface area (Å²) in [6.07, 6.45) is 3.80. The maximum atomic E-state index is 12.2. The van der Waals surface area contributed by atoms with Crippen LogP contribution in [0, 0.1) is 0 Å². The summed E-state index contributed by atoms with van der Waals surface area (Å²) in [4.78, 5) is 3.75. The van der Waals surface area contributed by atoms with E-state index in [0.717, 1.165) is 12.8 Å². The van der Waals surface area contributed by atoms with E-state index in [1.54, 1.807) is 7.05 Å². The number of nitrogens with zero attached hydrogens (tertiary/aromatic N) is 2. The first-order valence-electron chi connectivity index (χ1n) is 5.89. The zero-order chi connectivity index (χ0) is 13.3. The molecular formula is C10H18N4O3S. The number of hydrogen-bond donors (Lipinski definition) is 3. The van der Waals surface area contributed by atoms with Crippen LogP contribution < -0.4 is 10.5 Å². The normalized spacial score (nSPS) is 25.2. The summed E-state index contributed by atoms with van der Waals surface area (Å²) in [5, 5.41) is 9.73. The van der Waals surface area contributed by atoms with Crippen molar-refractivity contribution < 1.29 is 13.5 Å². The van der Waals surface area contributed by atoms with E-state index in [1.165, 1.54) is 10.9 Å². The molecule has 1 aliphatic carbocycles. The Kier molecular flexibility index (Phi) is 3.60. The molecule has 1 aromatic rings. The zero-order valence-corrected chi connectivity index (χ0v) is 11.0. The lowest BCUT2D eigenvalue weighted by Gasteiger charge is -2.28. The van der Waals surface area contributed by atoms with E-state index in [1.807, 2.05) is 0 Å². The van der Waals surface area contributed by atoms with Crippen molar-refractivity contribution >= 4 is 15.8 Å². The largest absolute Gasteiger partial charge is 0.391 e. The number of aliphatic hydroxyl groups is 1. The second-order valence-corrected chi connectivity index (χ2v) is 6.25. The molecule has 1 fully saturated rings. The van der Waals surface area contributed by atoms with Gasteiger partial charge in [-0.2, -0.15) is 0 Å². The molecule has 0 spiro atoms. The zero-order valence-electron chi connectivity index (χ0n) is 10.2. The number of imidazole rings is 1. The van der Waals surface area contributed by atoms with Crippen LogP contribution in [-0.4, -0.2) is 35.2 Å². The molecule has 0 radical (unpaired) electrons. The van der Waals surface area contributed by atoms with Crippen molar-refractivity contribution in [1.29, 1.82) is 0 Å². The predicted octanol–water partition coefficient (Wildman–Crippen LogP) is -0.416. The van der Waals surface area contributed by atoms with Crippen LogP contribution in [0.1, 0.15) is 25.7 Å². The summed E-state index contributed by atoms with van der Waals surface area (Å²) in [7, 11) is -2.18. The minimum atomic E-state index is -3.75. The first-order valence-corrected chi connectivity index (χ1v) is 7.37. The molecule has 0 unspecified atom stereocenters. The fraction of sp³-hybridized carbons (Fsp3) is 0.700. The maximum Gasteiger partial charge on any atom is 0.260 e. The summed E-state index contributed by atoms with van der Waals surface area (Å²) in [5.41, 5.74) is 5.55. The number of anilines is 1. The first kappa shape index (κ1) is 13.3. The van der Waals surface area contributed by atoms with Gasteiger partial charge in [0, 0.05) is 13.1 Å². The van der Waals surface area contributed by atoms with Gasteiger partial charge in [-0.15, -0.1) is 0 Å². The number of nitrogens with one attached hydrogen (secondary N) is 1. The molecule has 102 valence electrons. The molecular weight excluding hydrogens is 256 g/mol. The minimum Gasteiger partial charge on any atom is -0.391 e. The fourth-order valence-corrected chi connectivity index (χ4v) is 3.81. The average Bonchev–Trinajstić information content (AvgIpc) is 2.62. The third-order valence-electron chi connectivity index (χ3n) is 3.20. The predicted molar refractivity (Wildman–Crippen MR) is 66.2 cm³/mol. The first-order chi connectivity index (χ1) is 8.42. The van der Waals surface area contributed by atoms with Gasteiger partial charge in [-0.05, 0) is 12.8 Å². The Morgan fingerprint density at radius 3 is 2.72 bits per heavy atom. The van der Waals surface area contributed by atoms with Crippen LogP contribution in [0.15, 0.2) is 11.4 Å². The summed E-state index contributed by atoms with van der Waals surface area (Å²) in [6.45, 7) is 0. The molecule has 0 saturated heterocycles. The molecule has 2 rings (SSSR count). The number of sulfonamides is 1. The molecule has 1 aromatic heterocycles. The van der Waals surface area contributed by atoms with Gasteiger partial charge in [-0.25, -0.2) is 18.1 Å². The number of hydrogen-bond acceptors (Lipinski definition) is 5. The summed E-state index contributed by atoms with van der Waals surface area (Å²) in [6, 6.07) is -0.446. The van der Waals surface area contributed by atoms with Crippen LogP contribution in [0.5, 0.6) is 0 Å². The number of nitrogen functional groups attached to an aromatic ring is 1. The Labute approximate surface area is 106 Å². The highest BCUT2D eigenvalue weighted by atomic mass is 32.2. The number of rotatable bonds is 3. The molecule has 4 N–H and O–H groups in total. The molecule has 2 atom stereocenters. The molecule has 0 aromatic carbocycles.